The smallest absolute Gasteiger partial charge is 0.230 e. The third kappa shape index (κ3) is 3.37. The largest absolute Gasteiger partial charge is 0.352 e. The molecule has 0 spiro atoms. The average molecular weight is 257 g/mol. The van der Waals surface area contributed by atoms with Gasteiger partial charge < -0.3 is 5.32 Å². The van der Waals surface area contributed by atoms with Gasteiger partial charge in [0.25, 0.3) is 0 Å². The monoisotopic (exact) mass is 257 g/mol. The number of hydrogen-bond acceptors (Lipinski definition) is 2. The molecule has 0 atom stereocenters. The number of hydrogen-bond donors (Lipinski definition) is 1. The van der Waals surface area contributed by atoms with Crippen LogP contribution in [-0.4, -0.2) is 18.2 Å². The summed E-state index contributed by atoms with van der Waals surface area (Å²) in [5.41, 5.74) is 0. The highest BCUT2D eigenvalue weighted by Gasteiger charge is 2.02. The van der Waals surface area contributed by atoms with Crippen molar-refractivity contribution in [2.75, 3.05) is 12.3 Å². The van der Waals surface area contributed by atoms with Gasteiger partial charge in [-0.1, -0.05) is 36.4 Å². The lowest BCUT2D eigenvalue weighted by atomic mass is 10.1. The molecule has 0 aromatic heterocycles. The van der Waals surface area contributed by atoms with Crippen molar-refractivity contribution in [3.8, 4) is 0 Å². The van der Waals surface area contributed by atoms with E-state index < -0.39 is 0 Å². The number of thioether (sulfide) groups is 1. The number of carbonyl (C=O) groups excluding carboxylic acids is 1. The molecule has 0 aliphatic rings. The highest BCUT2D eigenvalue weighted by atomic mass is 32.2. The molecule has 0 aliphatic carbocycles. The van der Waals surface area contributed by atoms with E-state index in [0.29, 0.717) is 12.3 Å². The Morgan fingerprint density at radius 2 is 2.00 bits per heavy atom. The minimum absolute atomic E-state index is 0.0352. The van der Waals surface area contributed by atoms with Crippen LogP contribution in [0, 0.1) is 0 Å². The van der Waals surface area contributed by atoms with Gasteiger partial charge in [0.1, 0.15) is 0 Å². The van der Waals surface area contributed by atoms with Gasteiger partial charge >= 0.3 is 0 Å². The van der Waals surface area contributed by atoms with Crippen molar-refractivity contribution < 1.29 is 4.79 Å². The molecule has 0 saturated carbocycles. The molecule has 3 heteroatoms. The van der Waals surface area contributed by atoms with Crippen LogP contribution in [-0.2, 0) is 4.79 Å². The van der Waals surface area contributed by atoms with E-state index in [1.807, 2.05) is 18.2 Å². The van der Waals surface area contributed by atoms with Gasteiger partial charge in [-0.3, -0.25) is 4.79 Å². The predicted octanol–water partition coefficient (Wildman–Crippen LogP) is 3.23. The van der Waals surface area contributed by atoms with Gasteiger partial charge in [0.15, 0.2) is 0 Å². The Bertz CT molecular complexity index is 565. The Kier molecular flexibility index (Phi) is 4.42. The molecule has 2 aromatic carbocycles. The quantitative estimate of drug-likeness (QED) is 0.658. The van der Waals surface area contributed by atoms with Crippen LogP contribution in [0.4, 0.5) is 0 Å². The molecule has 18 heavy (non-hydrogen) atoms. The van der Waals surface area contributed by atoms with E-state index in [2.05, 4.69) is 36.2 Å². The second-order valence-corrected chi connectivity index (χ2v) is 4.94. The van der Waals surface area contributed by atoms with Crippen LogP contribution in [0.5, 0.6) is 0 Å². The Labute approximate surface area is 111 Å². The van der Waals surface area contributed by atoms with Crippen molar-refractivity contribution in [2.24, 2.45) is 0 Å². The third-order valence-electron chi connectivity index (χ3n) is 2.53. The lowest BCUT2D eigenvalue weighted by molar-refractivity contribution is -0.118. The first-order chi connectivity index (χ1) is 8.79. The van der Waals surface area contributed by atoms with Crippen LogP contribution >= 0.6 is 11.8 Å². The average Bonchev–Trinajstić information content (AvgIpc) is 2.42. The molecular weight excluding hydrogens is 242 g/mol. The van der Waals surface area contributed by atoms with Crippen LogP contribution in [0.25, 0.3) is 10.8 Å². The predicted molar refractivity (Wildman–Crippen MR) is 77.9 cm³/mol. The number of nitrogens with one attached hydrogen (secondary N) is 1. The molecule has 0 bridgehead atoms. The molecule has 0 unspecified atom stereocenters. The molecule has 0 fully saturated rings. The van der Waals surface area contributed by atoms with E-state index in [1.165, 1.54) is 10.8 Å². The van der Waals surface area contributed by atoms with Crippen molar-refractivity contribution in [2.45, 2.75) is 4.90 Å². The molecule has 1 amide bonds. The maximum absolute atomic E-state index is 11.5. The summed E-state index contributed by atoms with van der Waals surface area (Å²) in [4.78, 5) is 12.6. The van der Waals surface area contributed by atoms with Crippen molar-refractivity contribution in [3.05, 3.63) is 55.1 Å². The zero-order chi connectivity index (χ0) is 12.8. The maximum atomic E-state index is 11.5. The van der Waals surface area contributed by atoms with E-state index in [0.717, 1.165) is 4.90 Å². The number of fused-ring (bicyclic) bond motifs is 1. The minimum Gasteiger partial charge on any atom is -0.352 e. The number of rotatable bonds is 5. The normalized spacial score (nSPS) is 10.2. The van der Waals surface area contributed by atoms with E-state index in [9.17, 15) is 4.79 Å². The van der Waals surface area contributed by atoms with Gasteiger partial charge in [-0.15, -0.1) is 18.3 Å². The lowest BCUT2D eigenvalue weighted by Gasteiger charge is -2.04. The Morgan fingerprint density at radius 1 is 1.22 bits per heavy atom. The fraction of sp³-hybridized carbons (Fsp3) is 0.133. The molecule has 0 aliphatic heterocycles. The second-order valence-electron chi connectivity index (χ2n) is 3.89. The zero-order valence-corrected chi connectivity index (χ0v) is 10.9. The van der Waals surface area contributed by atoms with E-state index in [1.54, 1.807) is 17.8 Å². The Balaban J connectivity index is 1.99. The summed E-state index contributed by atoms with van der Waals surface area (Å²) in [6, 6.07) is 14.5. The lowest BCUT2D eigenvalue weighted by Crippen LogP contribution is -2.24. The van der Waals surface area contributed by atoms with Gasteiger partial charge in [-0.05, 0) is 22.9 Å². The van der Waals surface area contributed by atoms with Crippen LogP contribution in [0.1, 0.15) is 0 Å². The molecule has 0 saturated heterocycles. The van der Waals surface area contributed by atoms with E-state index in [-0.39, 0.29) is 5.91 Å². The zero-order valence-electron chi connectivity index (χ0n) is 10.1. The first-order valence-corrected chi connectivity index (χ1v) is 6.77. The van der Waals surface area contributed by atoms with Crippen molar-refractivity contribution in [3.63, 3.8) is 0 Å². The summed E-state index contributed by atoms with van der Waals surface area (Å²) in [5.74, 6) is 0.472. The minimum atomic E-state index is 0.0352. The SMILES string of the molecule is C=CCNC(=O)CSc1ccc2ccccc2c1. The van der Waals surface area contributed by atoms with Crippen molar-refractivity contribution >= 4 is 28.4 Å². The summed E-state index contributed by atoms with van der Waals surface area (Å²) in [6.07, 6.45) is 1.68. The molecule has 2 aromatic rings. The number of benzene rings is 2. The van der Waals surface area contributed by atoms with Crippen molar-refractivity contribution in [1.29, 1.82) is 0 Å². The first kappa shape index (κ1) is 12.7. The van der Waals surface area contributed by atoms with Gasteiger partial charge in [-0.2, -0.15) is 0 Å². The summed E-state index contributed by atoms with van der Waals surface area (Å²) in [5, 5.41) is 5.19. The van der Waals surface area contributed by atoms with Crippen LogP contribution < -0.4 is 5.32 Å². The fourth-order valence-corrected chi connectivity index (χ4v) is 2.42. The molecule has 2 nitrogen and oxygen atoms in total. The number of amides is 1. The van der Waals surface area contributed by atoms with Crippen LogP contribution in [0.15, 0.2) is 60.0 Å². The summed E-state index contributed by atoms with van der Waals surface area (Å²) in [6.45, 7) is 4.09. The summed E-state index contributed by atoms with van der Waals surface area (Å²) in [7, 11) is 0. The topological polar surface area (TPSA) is 29.1 Å². The molecule has 0 radical (unpaired) electrons. The molecule has 0 heterocycles. The fourth-order valence-electron chi connectivity index (χ4n) is 1.64. The van der Waals surface area contributed by atoms with Gasteiger partial charge in [0.2, 0.25) is 5.91 Å². The second kappa shape index (κ2) is 6.26. The van der Waals surface area contributed by atoms with Crippen LogP contribution in [0.2, 0.25) is 0 Å². The van der Waals surface area contributed by atoms with Gasteiger partial charge in [0.05, 0.1) is 5.75 Å². The molecule has 1 N–H and O–H groups in total. The molecule has 2 rings (SSSR count). The highest BCUT2D eigenvalue weighted by Crippen LogP contribution is 2.23. The third-order valence-corrected chi connectivity index (χ3v) is 3.53. The van der Waals surface area contributed by atoms with E-state index >= 15 is 0 Å². The summed E-state index contributed by atoms with van der Waals surface area (Å²) < 4.78 is 0. The Morgan fingerprint density at radius 3 is 2.78 bits per heavy atom. The summed E-state index contributed by atoms with van der Waals surface area (Å²) >= 11 is 1.55. The van der Waals surface area contributed by atoms with Crippen molar-refractivity contribution in [1.82, 2.24) is 5.32 Å². The molecule has 92 valence electrons. The Hall–Kier alpha value is -1.74. The standard InChI is InChI=1S/C15H15NOS/c1-2-9-16-15(17)11-18-14-8-7-12-5-3-4-6-13(12)10-14/h2-8,10H,1,9,11H2,(H,16,17). The van der Waals surface area contributed by atoms with Gasteiger partial charge in [-0.25, -0.2) is 0 Å². The number of carbonyl (C=O) groups is 1. The van der Waals surface area contributed by atoms with Crippen LogP contribution in [0.3, 0.4) is 0 Å². The maximum Gasteiger partial charge on any atom is 0.230 e. The highest BCUT2D eigenvalue weighted by molar-refractivity contribution is 8.00. The molecular formula is C15H15NOS. The first-order valence-electron chi connectivity index (χ1n) is 5.79. The van der Waals surface area contributed by atoms with E-state index in [4.69, 9.17) is 0 Å². The van der Waals surface area contributed by atoms with Gasteiger partial charge in [0, 0.05) is 11.4 Å².